The lowest BCUT2D eigenvalue weighted by Gasteiger charge is -2.18. The highest BCUT2D eigenvalue weighted by Gasteiger charge is 2.27. The molecular formula is C19H14F2INO3. The molecule has 0 saturated carbocycles. The Morgan fingerprint density at radius 1 is 1.04 bits per heavy atom. The van der Waals surface area contributed by atoms with Gasteiger partial charge in [-0.15, -0.1) is 0 Å². The molecule has 4 nitrogen and oxygen atoms in total. The zero-order valence-electron chi connectivity index (χ0n) is 13.7. The molecule has 0 spiro atoms. The van der Waals surface area contributed by atoms with Crippen molar-refractivity contribution in [3.63, 3.8) is 0 Å². The largest absolute Gasteiger partial charge is 0.497 e. The molecule has 2 aromatic rings. The fraction of sp³-hybridized carbons (Fsp3) is 0.158. The first kappa shape index (κ1) is 18.5. The Hall–Kier alpha value is -2.29. The Labute approximate surface area is 162 Å². The number of halogens is 3. The molecule has 7 heteroatoms. The summed E-state index contributed by atoms with van der Waals surface area (Å²) in [5.41, 5.74) is 0.679. The van der Waals surface area contributed by atoms with Gasteiger partial charge in [-0.05, 0) is 23.8 Å². The van der Waals surface area contributed by atoms with Gasteiger partial charge in [0.2, 0.25) is 0 Å². The van der Waals surface area contributed by atoms with E-state index < -0.39 is 27.4 Å². The highest BCUT2D eigenvalue weighted by molar-refractivity contribution is 14.1. The van der Waals surface area contributed by atoms with Gasteiger partial charge in [-0.3, -0.25) is 14.5 Å². The van der Waals surface area contributed by atoms with E-state index in [9.17, 15) is 18.4 Å². The van der Waals surface area contributed by atoms with Gasteiger partial charge < -0.3 is 4.74 Å². The summed E-state index contributed by atoms with van der Waals surface area (Å²) < 4.78 is 33.8. The van der Waals surface area contributed by atoms with E-state index in [2.05, 4.69) is 0 Å². The molecule has 3 rings (SSSR count). The van der Waals surface area contributed by atoms with Crippen molar-refractivity contribution < 1.29 is 23.1 Å². The smallest absolute Gasteiger partial charge is 0.253 e. The van der Waals surface area contributed by atoms with E-state index in [1.54, 1.807) is 24.3 Å². The first-order valence-electron chi connectivity index (χ1n) is 7.70. The zero-order valence-corrected chi connectivity index (χ0v) is 15.9. The molecule has 0 aliphatic carbocycles. The number of amides is 2. The molecule has 0 N–H and O–H groups in total. The monoisotopic (exact) mass is 469 g/mol. The topological polar surface area (TPSA) is 46.6 Å². The fourth-order valence-electron chi connectivity index (χ4n) is 2.67. The van der Waals surface area contributed by atoms with Crippen LogP contribution in [0.3, 0.4) is 0 Å². The van der Waals surface area contributed by atoms with Gasteiger partial charge in [-0.2, -0.15) is 0 Å². The molecule has 1 unspecified atom stereocenters. The maximum absolute atomic E-state index is 15.0. The Morgan fingerprint density at radius 3 is 2.23 bits per heavy atom. The summed E-state index contributed by atoms with van der Waals surface area (Å²) in [5, 5.41) is 0. The maximum Gasteiger partial charge on any atom is 0.253 e. The van der Waals surface area contributed by atoms with Gasteiger partial charge in [0, 0.05) is 23.3 Å². The molecule has 1 heterocycles. The minimum absolute atomic E-state index is 0.0852. The Balaban J connectivity index is 1.94. The second kappa shape index (κ2) is 7.53. The first-order valence-corrected chi connectivity index (χ1v) is 8.95. The van der Waals surface area contributed by atoms with Crippen LogP contribution in [0, 0.1) is 11.6 Å². The molecule has 0 radical (unpaired) electrons. The number of rotatable bonds is 5. The van der Waals surface area contributed by atoms with Gasteiger partial charge in [-0.25, -0.2) is 8.78 Å². The number of hydrogen-bond acceptors (Lipinski definition) is 3. The van der Waals surface area contributed by atoms with Crippen molar-refractivity contribution in [3.8, 4) is 5.75 Å². The Morgan fingerprint density at radius 2 is 1.65 bits per heavy atom. The summed E-state index contributed by atoms with van der Waals surface area (Å²) in [5.74, 6) is -1.82. The molecule has 0 aromatic heterocycles. The standard InChI is InChI=1S/C19H14F2INO3/c1-26-13-5-2-11(3-6-13)19(22)17-14(20)7-4-12(18(17)21)10-23-15(24)8-9-16(23)25/h2-9,19H,10H2,1H3. The molecule has 26 heavy (non-hydrogen) atoms. The van der Waals surface area contributed by atoms with Gasteiger partial charge >= 0.3 is 0 Å². The van der Waals surface area contributed by atoms with E-state index in [0.717, 1.165) is 23.1 Å². The highest BCUT2D eigenvalue weighted by atomic mass is 127. The van der Waals surface area contributed by atoms with Crippen molar-refractivity contribution in [2.24, 2.45) is 0 Å². The summed E-state index contributed by atoms with van der Waals surface area (Å²) >= 11 is 1.96. The van der Waals surface area contributed by atoms with Crippen LogP contribution in [0.1, 0.15) is 20.6 Å². The average Bonchev–Trinajstić information content (AvgIpc) is 2.96. The molecule has 2 amide bonds. The van der Waals surface area contributed by atoms with E-state index in [-0.39, 0.29) is 17.7 Å². The lowest BCUT2D eigenvalue weighted by molar-refractivity contribution is -0.137. The number of nitrogens with zero attached hydrogens (tertiary/aromatic N) is 1. The lowest BCUT2D eigenvalue weighted by Crippen LogP contribution is -2.29. The third kappa shape index (κ3) is 3.48. The van der Waals surface area contributed by atoms with E-state index in [1.807, 2.05) is 22.6 Å². The van der Waals surface area contributed by atoms with Crippen LogP contribution >= 0.6 is 22.6 Å². The van der Waals surface area contributed by atoms with Crippen molar-refractivity contribution in [3.05, 3.63) is 76.9 Å². The predicted octanol–water partition coefficient (Wildman–Crippen LogP) is 3.92. The zero-order chi connectivity index (χ0) is 18.8. The van der Waals surface area contributed by atoms with Crippen molar-refractivity contribution in [1.29, 1.82) is 0 Å². The van der Waals surface area contributed by atoms with Crippen molar-refractivity contribution >= 4 is 34.4 Å². The number of benzene rings is 2. The van der Waals surface area contributed by atoms with Crippen molar-refractivity contribution in [2.45, 2.75) is 10.5 Å². The number of carbonyl (C=O) groups excluding carboxylic acids is 2. The summed E-state index contributed by atoms with van der Waals surface area (Å²) in [6.45, 7) is -0.240. The minimum atomic E-state index is -0.757. The number of methoxy groups -OCH3 is 1. The normalized spacial score (nSPS) is 14.8. The second-order valence-electron chi connectivity index (χ2n) is 5.67. The molecular weight excluding hydrogens is 455 g/mol. The van der Waals surface area contributed by atoms with Crippen molar-refractivity contribution in [1.82, 2.24) is 4.90 Å². The highest BCUT2D eigenvalue weighted by Crippen LogP contribution is 2.36. The lowest BCUT2D eigenvalue weighted by atomic mass is 10.0. The molecule has 0 bridgehead atoms. The van der Waals surface area contributed by atoms with Crippen LogP contribution < -0.4 is 4.74 Å². The molecule has 1 atom stereocenters. The van der Waals surface area contributed by atoms with Gasteiger partial charge in [0.1, 0.15) is 17.4 Å². The molecule has 2 aromatic carbocycles. The van der Waals surface area contributed by atoms with E-state index in [0.29, 0.717) is 11.3 Å². The molecule has 134 valence electrons. The van der Waals surface area contributed by atoms with Crippen LogP contribution in [0.25, 0.3) is 0 Å². The van der Waals surface area contributed by atoms with Gasteiger partial charge in [0.25, 0.3) is 11.8 Å². The first-order chi connectivity index (χ1) is 12.4. The number of carbonyl (C=O) groups is 2. The summed E-state index contributed by atoms with van der Waals surface area (Å²) in [6.07, 6.45) is 2.26. The van der Waals surface area contributed by atoms with E-state index >= 15 is 0 Å². The maximum atomic E-state index is 15.0. The van der Waals surface area contributed by atoms with Crippen LogP contribution in [-0.2, 0) is 16.1 Å². The van der Waals surface area contributed by atoms with Crippen LogP contribution in [0.5, 0.6) is 5.75 Å². The number of imide groups is 1. The van der Waals surface area contributed by atoms with E-state index in [4.69, 9.17) is 4.74 Å². The van der Waals surface area contributed by atoms with Crippen LogP contribution in [-0.4, -0.2) is 23.8 Å². The Kier molecular flexibility index (Phi) is 5.36. The molecule has 0 fully saturated rings. The third-order valence-electron chi connectivity index (χ3n) is 4.10. The number of hydrogen-bond donors (Lipinski definition) is 0. The second-order valence-corrected chi connectivity index (χ2v) is 6.91. The number of alkyl halides is 1. The summed E-state index contributed by atoms with van der Waals surface area (Å²) in [7, 11) is 1.54. The average molecular weight is 469 g/mol. The molecule has 1 aliphatic rings. The van der Waals surface area contributed by atoms with Crippen LogP contribution in [0.2, 0.25) is 0 Å². The SMILES string of the molecule is COc1ccc(C(I)c2c(F)ccc(CN3C(=O)C=CC3=O)c2F)cc1. The van der Waals surface area contributed by atoms with Gasteiger partial charge in [-0.1, -0.05) is 40.8 Å². The minimum Gasteiger partial charge on any atom is -0.497 e. The third-order valence-corrected chi connectivity index (χ3v) is 5.44. The predicted molar refractivity (Wildman–Crippen MR) is 99.9 cm³/mol. The summed E-state index contributed by atoms with van der Waals surface area (Å²) in [4.78, 5) is 24.3. The molecule has 1 aliphatic heterocycles. The van der Waals surface area contributed by atoms with E-state index in [1.165, 1.54) is 13.2 Å². The van der Waals surface area contributed by atoms with Gasteiger partial charge in [0.15, 0.2) is 0 Å². The quantitative estimate of drug-likeness (QED) is 0.379. The van der Waals surface area contributed by atoms with Crippen LogP contribution in [0.15, 0.2) is 48.6 Å². The Bertz CT molecular complexity index is 878. The fourth-order valence-corrected chi connectivity index (χ4v) is 3.65. The van der Waals surface area contributed by atoms with Crippen LogP contribution in [0.4, 0.5) is 8.78 Å². The van der Waals surface area contributed by atoms with Gasteiger partial charge in [0.05, 0.1) is 17.6 Å². The molecule has 0 saturated heterocycles. The number of ether oxygens (including phenoxy) is 1. The van der Waals surface area contributed by atoms with Crippen molar-refractivity contribution in [2.75, 3.05) is 7.11 Å². The summed E-state index contributed by atoms with van der Waals surface area (Å²) in [6, 6.07) is 9.31.